The molecule has 0 radical (unpaired) electrons. The molecule has 4 nitrogen and oxygen atoms in total. The van der Waals surface area contributed by atoms with Gasteiger partial charge in [-0.3, -0.25) is 0 Å². The molecule has 0 unspecified atom stereocenters. The Bertz CT molecular complexity index is 284. The van der Waals surface area contributed by atoms with Gasteiger partial charge in [-0.2, -0.15) is 0 Å². The van der Waals surface area contributed by atoms with Crippen molar-refractivity contribution in [3.8, 4) is 0 Å². The number of hydrogen-bond acceptors (Lipinski definition) is 4. The van der Waals surface area contributed by atoms with Gasteiger partial charge in [0, 0.05) is 13.5 Å². The van der Waals surface area contributed by atoms with Gasteiger partial charge < -0.3 is 14.2 Å². The average Bonchev–Trinajstić information content (AvgIpc) is 2.28. The molecular formula is C11H14O4. The molecule has 0 aliphatic heterocycles. The maximum Gasteiger partial charge on any atom is 0.510 e. The highest BCUT2D eigenvalue weighted by Crippen LogP contribution is 1.99. The van der Waals surface area contributed by atoms with Crippen LogP contribution in [-0.4, -0.2) is 26.7 Å². The second kappa shape index (κ2) is 6.84. The summed E-state index contributed by atoms with van der Waals surface area (Å²) >= 11 is 0. The molecule has 0 fully saturated rings. The first kappa shape index (κ1) is 11.5. The van der Waals surface area contributed by atoms with E-state index in [1.165, 1.54) is 7.11 Å². The van der Waals surface area contributed by atoms with Crippen LogP contribution in [0.15, 0.2) is 30.3 Å². The minimum Gasteiger partial charge on any atom is -0.434 e. The number of ether oxygens (including phenoxy) is 3. The lowest BCUT2D eigenvalue weighted by Gasteiger charge is -2.04. The zero-order chi connectivity index (χ0) is 10.9. The minimum absolute atomic E-state index is 0.0792. The number of methoxy groups -OCH3 is 1. The van der Waals surface area contributed by atoms with Crippen LogP contribution < -0.4 is 0 Å². The third-order valence-electron chi connectivity index (χ3n) is 1.75. The molecule has 0 amide bonds. The van der Waals surface area contributed by atoms with Crippen molar-refractivity contribution in [2.75, 3.05) is 20.5 Å². The van der Waals surface area contributed by atoms with Crippen LogP contribution in [0.3, 0.4) is 0 Å². The second-order valence-electron chi connectivity index (χ2n) is 2.88. The van der Waals surface area contributed by atoms with Crippen molar-refractivity contribution in [3.05, 3.63) is 35.9 Å². The third-order valence-corrected chi connectivity index (χ3v) is 1.75. The molecule has 0 N–H and O–H groups in total. The van der Waals surface area contributed by atoms with Crippen LogP contribution >= 0.6 is 0 Å². The lowest BCUT2D eigenvalue weighted by molar-refractivity contribution is -0.0257. The van der Waals surface area contributed by atoms with Gasteiger partial charge in [0.1, 0.15) is 0 Å². The molecule has 0 saturated carbocycles. The zero-order valence-electron chi connectivity index (χ0n) is 8.64. The SMILES string of the molecule is COCOC(=O)OCCc1ccccc1. The molecule has 0 saturated heterocycles. The summed E-state index contributed by atoms with van der Waals surface area (Å²) in [7, 11) is 1.44. The molecule has 0 bridgehead atoms. The van der Waals surface area contributed by atoms with Crippen LogP contribution in [0, 0.1) is 0 Å². The summed E-state index contributed by atoms with van der Waals surface area (Å²) < 4.78 is 13.9. The molecule has 0 heterocycles. The fourth-order valence-electron chi connectivity index (χ4n) is 1.05. The average molecular weight is 210 g/mol. The first-order valence-corrected chi connectivity index (χ1v) is 4.65. The van der Waals surface area contributed by atoms with Gasteiger partial charge in [0.15, 0.2) is 6.79 Å². The molecule has 0 spiro atoms. The quantitative estimate of drug-likeness (QED) is 0.550. The van der Waals surface area contributed by atoms with Crippen LogP contribution in [0.25, 0.3) is 0 Å². The molecule has 4 heteroatoms. The molecule has 0 aliphatic rings. The standard InChI is InChI=1S/C11H14O4/c1-13-9-15-11(12)14-8-7-10-5-3-2-4-6-10/h2-6H,7-9H2,1H3. The molecule has 15 heavy (non-hydrogen) atoms. The first-order chi connectivity index (χ1) is 7.33. The predicted octanol–water partition coefficient (Wildman–Crippen LogP) is 1.99. The Kier molecular flexibility index (Phi) is 5.25. The van der Waals surface area contributed by atoms with E-state index in [1.807, 2.05) is 30.3 Å². The molecule has 82 valence electrons. The van der Waals surface area contributed by atoms with Gasteiger partial charge in [0.05, 0.1) is 6.61 Å². The van der Waals surface area contributed by atoms with E-state index in [4.69, 9.17) is 4.74 Å². The fraction of sp³-hybridized carbons (Fsp3) is 0.364. The van der Waals surface area contributed by atoms with Crippen molar-refractivity contribution >= 4 is 6.16 Å². The summed E-state index contributed by atoms with van der Waals surface area (Å²) in [4.78, 5) is 10.9. The Morgan fingerprint density at radius 1 is 1.20 bits per heavy atom. The summed E-state index contributed by atoms with van der Waals surface area (Å²) in [5.74, 6) is 0. The van der Waals surface area contributed by atoms with Crippen molar-refractivity contribution in [2.45, 2.75) is 6.42 Å². The maximum atomic E-state index is 10.9. The Labute approximate surface area is 88.8 Å². The Hall–Kier alpha value is -1.55. The normalized spacial score (nSPS) is 9.67. The number of benzene rings is 1. The molecule has 1 aromatic carbocycles. The van der Waals surface area contributed by atoms with Crippen molar-refractivity contribution in [1.82, 2.24) is 0 Å². The smallest absolute Gasteiger partial charge is 0.434 e. The third kappa shape index (κ3) is 5.02. The predicted molar refractivity (Wildman–Crippen MR) is 54.5 cm³/mol. The van der Waals surface area contributed by atoms with E-state index in [9.17, 15) is 4.79 Å². The van der Waals surface area contributed by atoms with Crippen LogP contribution in [0.2, 0.25) is 0 Å². The van der Waals surface area contributed by atoms with Crippen molar-refractivity contribution < 1.29 is 19.0 Å². The first-order valence-electron chi connectivity index (χ1n) is 4.65. The van der Waals surface area contributed by atoms with E-state index in [-0.39, 0.29) is 6.79 Å². The van der Waals surface area contributed by atoms with Gasteiger partial charge in [-0.1, -0.05) is 30.3 Å². The summed E-state index contributed by atoms with van der Waals surface area (Å²) in [5.41, 5.74) is 1.12. The highest BCUT2D eigenvalue weighted by molar-refractivity contribution is 5.59. The van der Waals surface area contributed by atoms with E-state index in [0.717, 1.165) is 5.56 Å². The summed E-state index contributed by atoms with van der Waals surface area (Å²) in [6.07, 6.45) is -0.0177. The van der Waals surface area contributed by atoms with Gasteiger partial charge in [0.2, 0.25) is 0 Å². The molecule has 0 aliphatic carbocycles. The van der Waals surface area contributed by atoms with Gasteiger partial charge in [0.25, 0.3) is 0 Å². The van der Waals surface area contributed by atoms with Crippen LogP contribution in [-0.2, 0) is 20.6 Å². The summed E-state index contributed by atoms with van der Waals surface area (Å²) in [5, 5.41) is 0. The monoisotopic (exact) mass is 210 g/mol. The maximum absolute atomic E-state index is 10.9. The second-order valence-corrected chi connectivity index (χ2v) is 2.88. The number of hydrogen-bond donors (Lipinski definition) is 0. The van der Waals surface area contributed by atoms with Gasteiger partial charge in [-0.25, -0.2) is 4.79 Å². The number of carbonyl (C=O) groups excluding carboxylic acids is 1. The van der Waals surface area contributed by atoms with Crippen LogP contribution in [0.4, 0.5) is 4.79 Å². The van der Waals surface area contributed by atoms with E-state index in [1.54, 1.807) is 0 Å². The highest BCUT2D eigenvalue weighted by Gasteiger charge is 2.02. The molecule has 0 atom stereocenters. The molecule has 1 aromatic rings. The molecule has 0 aromatic heterocycles. The lowest BCUT2D eigenvalue weighted by atomic mass is 10.2. The summed E-state index contributed by atoms with van der Waals surface area (Å²) in [6, 6.07) is 9.78. The number of rotatable bonds is 5. The van der Waals surface area contributed by atoms with E-state index in [0.29, 0.717) is 13.0 Å². The van der Waals surface area contributed by atoms with Crippen molar-refractivity contribution in [2.24, 2.45) is 0 Å². The van der Waals surface area contributed by atoms with Gasteiger partial charge >= 0.3 is 6.16 Å². The highest BCUT2D eigenvalue weighted by atomic mass is 16.8. The Balaban J connectivity index is 2.14. The van der Waals surface area contributed by atoms with E-state index >= 15 is 0 Å². The Morgan fingerprint density at radius 2 is 1.93 bits per heavy atom. The lowest BCUT2D eigenvalue weighted by Crippen LogP contribution is -2.11. The topological polar surface area (TPSA) is 44.8 Å². The van der Waals surface area contributed by atoms with Crippen molar-refractivity contribution in [1.29, 1.82) is 0 Å². The van der Waals surface area contributed by atoms with Crippen LogP contribution in [0.1, 0.15) is 5.56 Å². The molecular weight excluding hydrogens is 196 g/mol. The molecule has 1 rings (SSSR count). The minimum atomic E-state index is -0.701. The summed E-state index contributed by atoms with van der Waals surface area (Å²) in [6.45, 7) is 0.233. The Morgan fingerprint density at radius 3 is 2.60 bits per heavy atom. The zero-order valence-corrected chi connectivity index (χ0v) is 8.64. The van der Waals surface area contributed by atoms with Gasteiger partial charge in [-0.15, -0.1) is 0 Å². The van der Waals surface area contributed by atoms with Crippen molar-refractivity contribution in [3.63, 3.8) is 0 Å². The fourth-order valence-corrected chi connectivity index (χ4v) is 1.05. The van der Waals surface area contributed by atoms with E-state index < -0.39 is 6.16 Å². The largest absolute Gasteiger partial charge is 0.510 e. The van der Waals surface area contributed by atoms with Crippen LogP contribution in [0.5, 0.6) is 0 Å². The van der Waals surface area contributed by atoms with E-state index in [2.05, 4.69) is 9.47 Å². The number of carbonyl (C=O) groups is 1. The van der Waals surface area contributed by atoms with Gasteiger partial charge in [-0.05, 0) is 5.56 Å².